The highest BCUT2D eigenvalue weighted by Crippen LogP contribution is 2.29. The van der Waals surface area contributed by atoms with Gasteiger partial charge in [0.2, 0.25) is 5.82 Å². The maximum absolute atomic E-state index is 13.5. The summed E-state index contributed by atoms with van der Waals surface area (Å²) in [4.78, 5) is 10.3. The zero-order valence-electron chi connectivity index (χ0n) is 10.4. The molecule has 0 bridgehead atoms. The molecule has 0 aliphatic heterocycles. The zero-order valence-corrected chi connectivity index (χ0v) is 11.2. The Morgan fingerprint density at radius 3 is 2.50 bits per heavy atom. The van der Waals surface area contributed by atoms with Gasteiger partial charge in [0.25, 0.3) is 16.1 Å². The molecular weight excluding hydrogens is 326 g/mol. The van der Waals surface area contributed by atoms with Gasteiger partial charge in [0.15, 0.2) is 5.82 Å². The molecule has 0 spiro atoms. The number of aromatic carboxylic acids is 1. The number of benzene rings is 1. The van der Waals surface area contributed by atoms with Crippen LogP contribution in [0.5, 0.6) is 0 Å². The molecule has 1 aromatic carbocycles. The summed E-state index contributed by atoms with van der Waals surface area (Å²) in [6.07, 6.45) is 0. The predicted octanol–water partition coefficient (Wildman–Crippen LogP) is 0.838. The van der Waals surface area contributed by atoms with Gasteiger partial charge in [-0.1, -0.05) is 11.2 Å². The summed E-state index contributed by atoms with van der Waals surface area (Å²) >= 11 is 0. The minimum atomic E-state index is -4.84. The van der Waals surface area contributed by atoms with Gasteiger partial charge in [0, 0.05) is 0 Å². The van der Waals surface area contributed by atoms with E-state index in [0.717, 1.165) is 18.2 Å². The van der Waals surface area contributed by atoms with Gasteiger partial charge in [0.05, 0.1) is 11.3 Å². The molecular formula is C10H6F2N4O5S. The average molecular weight is 332 g/mol. The molecule has 12 heteroatoms. The summed E-state index contributed by atoms with van der Waals surface area (Å²) < 4.78 is 58.1. The van der Waals surface area contributed by atoms with E-state index in [-0.39, 0.29) is 0 Å². The highest BCUT2D eigenvalue weighted by molar-refractivity contribution is 7.86. The molecule has 0 fully saturated rings. The molecule has 116 valence electrons. The Hall–Kier alpha value is -2.73. The molecule has 0 saturated carbocycles. The molecule has 0 amide bonds. The Kier molecular flexibility index (Phi) is 3.97. The molecule has 1 aromatic heterocycles. The lowest BCUT2D eigenvalue weighted by molar-refractivity contribution is 0.0697. The van der Waals surface area contributed by atoms with Crippen LogP contribution in [0.3, 0.4) is 0 Å². The van der Waals surface area contributed by atoms with E-state index in [9.17, 15) is 22.0 Å². The number of aromatic nitrogens is 3. The molecule has 0 atom stereocenters. The highest BCUT2D eigenvalue weighted by Gasteiger charge is 2.24. The Morgan fingerprint density at radius 1 is 1.23 bits per heavy atom. The van der Waals surface area contributed by atoms with Gasteiger partial charge in [-0.2, -0.15) is 17.2 Å². The second-order valence-electron chi connectivity index (χ2n) is 3.83. The van der Waals surface area contributed by atoms with Crippen molar-refractivity contribution in [3.05, 3.63) is 35.5 Å². The smallest absolute Gasteiger partial charge is 0.337 e. The standard InChI is InChI=1S/C10H6F2N4O5S/c11-6-8(12)14-16-15-9(6)13-7-4(10(17)18)2-1-3-5(7)22(19,20)21/h1-3H,(H,17,18)(H,13,14,15)(H,19,20,21). The number of hydrogen-bond donors (Lipinski definition) is 3. The van der Waals surface area contributed by atoms with E-state index < -0.39 is 49.8 Å². The van der Waals surface area contributed by atoms with E-state index in [1.165, 1.54) is 0 Å². The van der Waals surface area contributed by atoms with Crippen molar-refractivity contribution in [1.82, 2.24) is 15.4 Å². The van der Waals surface area contributed by atoms with Crippen LogP contribution in [0.25, 0.3) is 0 Å². The molecule has 0 saturated heterocycles. The number of halogens is 2. The van der Waals surface area contributed by atoms with Crippen molar-refractivity contribution < 1.29 is 31.7 Å². The quantitative estimate of drug-likeness (QED) is 0.694. The van der Waals surface area contributed by atoms with Crippen molar-refractivity contribution in [2.24, 2.45) is 0 Å². The number of carbonyl (C=O) groups is 1. The van der Waals surface area contributed by atoms with Gasteiger partial charge in [-0.05, 0) is 17.3 Å². The number of nitrogens with zero attached hydrogens (tertiary/aromatic N) is 3. The van der Waals surface area contributed by atoms with Crippen LogP contribution in [0, 0.1) is 11.8 Å². The van der Waals surface area contributed by atoms with Crippen LogP contribution < -0.4 is 5.32 Å². The van der Waals surface area contributed by atoms with Crippen LogP contribution in [0.4, 0.5) is 20.3 Å². The SMILES string of the molecule is O=C(O)c1cccc(S(=O)(=O)O)c1Nc1nnnc(F)c1F. The number of hydrogen-bond acceptors (Lipinski definition) is 7. The van der Waals surface area contributed by atoms with Gasteiger partial charge in [-0.25, -0.2) is 4.79 Å². The molecule has 22 heavy (non-hydrogen) atoms. The Labute approximate surface area is 121 Å². The maximum atomic E-state index is 13.5. The van der Waals surface area contributed by atoms with E-state index in [1.807, 2.05) is 5.32 Å². The first-order valence-corrected chi connectivity index (χ1v) is 6.81. The Bertz CT molecular complexity index is 858. The Balaban J connectivity index is 2.67. The third kappa shape index (κ3) is 2.96. The lowest BCUT2D eigenvalue weighted by Crippen LogP contribution is -2.12. The Morgan fingerprint density at radius 2 is 1.91 bits per heavy atom. The maximum Gasteiger partial charge on any atom is 0.337 e. The number of nitrogens with one attached hydrogen (secondary N) is 1. The largest absolute Gasteiger partial charge is 0.478 e. The summed E-state index contributed by atoms with van der Waals surface area (Å²) in [7, 11) is -4.84. The average Bonchev–Trinajstić information content (AvgIpc) is 2.42. The van der Waals surface area contributed by atoms with Crippen molar-refractivity contribution in [1.29, 1.82) is 0 Å². The van der Waals surface area contributed by atoms with Crippen LogP contribution >= 0.6 is 0 Å². The number of carboxylic acid groups (broad SMARTS) is 1. The van der Waals surface area contributed by atoms with Crippen LogP contribution in [-0.4, -0.2) is 39.5 Å². The minimum absolute atomic E-state index is 0.617. The van der Waals surface area contributed by atoms with Crippen molar-refractivity contribution in [2.45, 2.75) is 4.90 Å². The monoisotopic (exact) mass is 332 g/mol. The topological polar surface area (TPSA) is 142 Å². The van der Waals surface area contributed by atoms with Gasteiger partial charge < -0.3 is 10.4 Å². The number of anilines is 2. The molecule has 0 aliphatic rings. The molecule has 0 unspecified atom stereocenters. The van der Waals surface area contributed by atoms with Crippen LogP contribution in [0.1, 0.15) is 10.4 Å². The van der Waals surface area contributed by atoms with E-state index in [1.54, 1.807) is 0 Å². The molecule has 0 radical (unpaired) electrons. The lowest BCUT2D eigenvalue weighted by atomic mass is 10.2. The summed E-state index contributed by atoms with van der Waals surface area (Å²) in [5.74, 6) is -5.70. The van der Waals surface area contributed by atoms with Crippen molar-refractivity contribution in [3.63, 3.8) is 0 Å². The molecule has 2 aromatic rings. The molecule has 2 rings (SSSR count). The van der Waals surface area contributed by atoms with E-state index in [2.05, 4.69) is 15.4 Å². The second-order valence-corrected chi connectivity index (χ2v) is 5.22. The van der Waals surface area contributed by atoms with E-state index >= 15 is 0 Å². The van der Waals surface area contributed by atoms with E-state index in [0.29, 0.717) is 0 Å². The summed E-state index contributed by atoms with van der Waals surface area (Å²) in [6, 6.07) is 2.90. The summed E-state index contributed by atoms with van der Waals surface area (Å²) in [5, 5.41) is 19.7. The van der Waals surface area contributed by atoms with Crippen molar-refractivity contribution >= 4 is 27.6 Å². The number of carboxylic acids is 1. The predicted molar refractivity (Wildman–Crippen MR) is 66.2 cm³/mol. The third-order valence-electron chi connectivity index (χ3n) is 2.44. The van der Waals surface area contributed by atoms with Crippen molar-refractivity contribution in [3.8, 4) is 0 Å². The normalized spacial score (nSPS) is 11.2. The van der Waals surface area contributed by atoms with Crippen molar-refractivity contribution in [2.75, 3.05) is 5.32 Å². The lowest BCUT2D eigenvalue weighted by Gasteiger charge is -2.12. The first-order chi connectivity index (χ1) is 10.2. The fourth-order valence-electron chi connectivity index (χ4n) is 1.54. The molecule has 1 heterocycles. The molecule has 3 N–H and O–H groups in total. The highest BCUT2D eigenvalue weighted by atomic mass is 32.2. The fraction of sp³-hybridized carbons (Fsp3) is 0. The first kappa shape index (κ1) is 15.7. The zero-order chi connectivity index (χ0) is 16.5. The number of para-hydroxylation sites is 1. The van der Waals surface area contributed by atoms with Crippen LogP contribution in [-0.2, 0) is 10.1 Å². The molecule has 9 nitrogen and oxygen atoms in total. The molecule has 0 aliphatic carbocycles. The first-order valence-electron chi connectivity index (χ1n) is 5.37. The van der Waals surface area contributed by atoms with Gasteiger partial charge >= 0.3 is 5.97 Å². The summed E-state index contributed by atoms with van der Waals surface area (Å²) in [5.41, 5.74) is -1.31. The number of rotatable bonds is 4. The third-order valence-corrected chi connectivity index (χ3v) is 3.34. The summed E-state index contributed by atoms with van der Waals surface area (Å²) in [6.45, 7) is 0. The van der Waals surface area contributed by atoms with Gasteiger partial charge in [-0.15, -0.1) is 5.10 Å². The van der Waals surface area contributed by atoms with Gasteiger partial charge in [0.1, 0.15) is 4.90 Å². The second kappa shape index (κ2) is 5.57. The van der Waals surface area contributed by atoms with Gasteiger partial charge in [-0.3, -0.25) is 4.55 Å². The van der Waals surface area contributed by atoms with Crippen LogP contribution in [0.2, 0.25) is 0 Å². The fourth-order valence-corrected chi connectivity index (χ4v) is 2.21. The minimum Gasteiger partial charge on any atom is -0.478 e. The van der Waals surface area contributed by atoms with Crippen LogP contribution in [0.15, 0.2) is 23.1 Å². The van der Waals surface area contributed by atoms with E-state index in [4.69, 9.17) is 9.66 Å².